The monoisotopic (exact) mass is 1850 g/mol. The van der Waals surface area contributed by atoms with Crippen molar-refractivity contribution in [3.8, 4) is 101 Å². The first-order valence-electron chi connectivity index (χ1n) is 48.7. The van der Waals surface area contributed by atoms with Crippen LogP contribution in [0, 0.1) is 0 Å². The highest BCUT2D eigenvalue weighted by Gasteiger charge is 2.27. The highest BCUT2D eigenvalue weighted by Crippen LogP contribution is 2.48. The van der Waals surface area contributed by atoms with Gasteiger partial charge in [-0.25, -0.2) is 44.9 Å². The maximum absolute atomic E-state index is 5.46. The first-order chi connectivity index (χ1) is 71.9. The molecule has 11 aromatic heterocycles. The summed E-state index contributed by atoms with van der Waals surface area (Å²) in [5.41, 5.74) is 31.9. The minimum absolute atomic E-state index is 0.762. The van der Waals surface area contributed by atoms with E-state index in [1.807, 2.05) is 67.0 Å². The molecule has 0 aliphatic carbocycles. The van der Waals surface area contributed by atoms with Crippen LogP contribution >= 0.6 is 0 Å². The zero-order valence-corrected chi connectivity index (χ0v) is 77.8. The van der Waals surface area contributed by atoms with Crippen molar-refractivity contribution in [2.24, 2.45) is 0 Å². The molecule has 0 saturated carbocycles. The van der Waals surface area contributed by atoms with E-state index in [1.165, 1.54) is 44.2 Å². The molecule has 0 amide bonds. The van der Waals surface area contributed by atoms with Crippen molar-refractivity contribution in [2.75, 3.05) is 0 Å². The van der Waals surface area contributed by atoms with Gasteiger partial charge < -0.3 is 0 Å². The molecule has 14 nitrogen and oxygen atoms in total. The molecular formula is C131H78N14. The molecule has 0 bridgehead atoms. The molecule has 145 heavy (non-hydrogen) atoms. The van der Waals surface area contributed by atoms with Crippen LogP contribution < -0.4 is 0 Å². The van der Waals surface area contributed by atoms with Crippen LogP contribution in [0.4, 0.5) is 0 Å². The summed E-state index contributed by atoms with van der Waals surface area (Å²) in [6, 6.07) is 155. The maximum atomic E-state index is 5.46. The van der Waals surface area contributed by atoms with Crippen LogP contribution in [0.5, 0.6) is 0 Å². The van der Waals surface area contributed by atoms with E-state index in [2.05, 4.69) is 420 Å². The smallest absolute Gasteiger partial charge is 0.137 e. The van der Waals surface area contributed by atoms with Crippen LogP contribution in [0.1, 0.15) is 0 Å². The predicted molar refractivity (Wildman–Crippen MR) is 597 cm³/mol. The summed E-state index contributed by atoms with van der Waals surface area (Å²) in [5.74, 6) is 0. The minimum Gasteiger partial charge on any atom is -0.299 e. The average Bonchev–Trinajstić information content (AvgIpc) is 1.61. The SMILES string of the molecule is c1ccc(-c2ccc3c(c2)c2cc(-c4nc5c(ccc6ccccc65)nc4-c4ccccn4)ccc2c2c3nc3ccccn32)cc1.c1ccc(-c2ccc3c(c2)c2cc(-c4nc5ccc6ccccc6c5nc4-c4ccc5ccccc5c4)ccc2c2c3nc3ccccn32)cc1.c1ccc(-c2ccc3c(c2)c2cc(-c4nc5ccc6ccccc6c5nc4-c4ccccn4)ccc2c2c3nc3ccccn32)cc1. The zero-order valence-electron chi connectivity index (χ0n) is 77.8. The molecular weight excluding hydrogens is 1770 g/mol. The second-order valence-corrected chi connectivity index (χ2v) is 37.1. The summed E-state index contributed by atoms with van der Waals surface area (Å²) in [6.45, 7) is 0. The van der Waals surface area contributed by atoms with Gasteiger partial charge in [0.05, 0.1) is 100 Å². The van der Waals surface area contributed by atoms with E-state index in [0.717, 1.165) is 248 Å². The van der Waals surface area contributed by atoms with Gasteiger partial charge in [0.2, 0.25) is 0 Å². The lowest BCUT2D eigenvalue weighted by atomic mass is 9.93. The number of imidazole rings is 3. The van der Waals surface area contributed by atoms with Crippen LogP contribution in [0.2, 0.25) is 0 Å². The lowest BCUT2D eigenvalue weighted by molar-refractivity contribution is 1.23. The largest absolute Gasteiger partial charge is 0.299 e. The normalized spacial score (nSPS) is 11.9. The summed E-state index contributed by atoms with van der Waals surface area (Å²) in [4.78, 5) is 56.9. The molecule has 0 saturated heterocycles. The Hall–Kier alpha value is -19.8. The summed E-state index contributed by atoms with van der Waals surface area (Å²) >= 11 is 0. The van der Waals surface area contributed by atoms with Crippen molar-refractivity contribution in [3.63, 3.8) is 0 Å². The van der Waals surface area contributed by atoms with Gasteiger partial charge >= 0.3 is 0 Å². The van der Waals surface area contributed by atoms with Gasteiger partial charge in [0.15, 0.2) is 0 Å². The first-order valence-corrected chi connectivity index (χ1v) is 48.7. The Kier molecular flexibility index (Phi) is 19.0. The maximum Gasteiger partial charge on any atom is 0.137 e. The van der Waals surface area contributed by atoms with E-state index in [0.29, 0.717) is 0 Å². The van der Waals surface area contributed by atoms with E-state index in [-0.39, 0.29) is 0 Å². The Morgan fingerprint density at radius 2 is 0.421 bits per heavy atom. The van der Waals surface area contributed by atoms with E-state index in [1.54, 1.807) is 0 Å². The van der Waals surface area contributed by atoms with Gasteiger partial charge in [0.25, 0.3) is 0 Å². The van der Waals surface area contributed by atoms with Gasteiger partial charge in [-0.2, -0.15) is 0 Å². The molecule has 0 spiro atoms. The number of pyridine rings is 5. The molecule has 31 aromatic rings. The molecule has 0 N–H and O–H groups in total. The number of nitrogens with zero attached hydrogens (tertiary/aromatic N) is 14. The predicted octanol–water partition coefficient (Wildman–Crippen LogP) is 32.6. The third-order valence-electron chi connectivity index (χ3n) is 28.8. The topological polar surface area (TPSA) is 155 Å². The van der Waals surface area contributed by atoms with Gasteiger partial charge in [0, 0.05) is 102 Å². The first kappa shape index (κ1) is 82.3. The van der Waals surface area contributed by atoms with E-state index in [4.69, 9.17) is 54.8 Å². The molecule has 0 radical (unpaired) electrons. The van der Waals surface area contributed by atoms with Gasteiger partial charge in [-0.15, -0.1) is 0 Å². The van der Waals surface area contributed by atoms with E-state index < -0.39 is 0 Å². The second kappa shape index (κ2) is 33.5. The van der Waals surface area contributed by atoms with Gasteiger partial charge in [-0.05, 0) is 214 Å². The standard InChI is InChI=1S/C47H28N4.2C42H25N5/c1-2-10-29(11-3-1)33-19-22-37-39(27-33)40-28-35(20-23-38(40)47-46(37)49-42-16-8-9-25-51(42)47)43-44(34-18-17-30-12-4-5-14-32(30)26-34)50-45-36-15-7-6-13-31(36)21-24-41(45)48-43;1-2-10-26(11-3-1)28-16-19-31-33(24-28)34-25-29(17-20-32(34)42-40(31)45-37-15-7-9-23-47(37)42)38-41(35-14-6-8-22-43-35)44-36-21-18-27-12-4-5-13-30(27)39(36)46-38;1-2-10-26(11-3-1)28-16-19-31-33(24-28)34-25-29(17-20-32(34)42-40(31)45-37-15-7-9-23-47(37)42)38-41(35-14-6-8-22-43-35)46-39-30-13-5-4-12-27(30)18-21-36(39)44-38/h1-28H;2*1-25H. The lowest BCUT2D eigenvalue weighted by Gasteiger charge is -2.15. The summed E-state index contributed by atoms with van der Waals surface area (Å²) in [6.07, 6.45) is 9.93. The number of rotatable bonds is 9. The fraction of sp³-hybridized carbons (Fsp3) is 0. The second-order valence-electron chi connectivity index (χ2n) is 37.1. The Morgan fingerprint density at radius 3 is 0.814 bits per heavy atom. The van der Waals surface area contributed by atoms with Crippen molar-refractivity contribution in [1.29, 1.82) is 0 Å². The third-order valence-corrected chi connectivity index (χ3v) is 28.8. The number of hydrogen-bond donors (Lipinski definition) is 0. The van der Waals surface area contributed by atoms with Crippen molar-refractivity contribution < 1.29 is 0 Å². The molecule has 14 heteroatoms. The molecule has 11 heterocycles. The van der Waals surface area contributed by atoms with Crippen LogP contribution in [-0.4, -0.2) is 68.0 Å². The molecule has 672 valence electrons. The van der Waals surface area contributed by atoms with Crippen molar-refractivity contribution >= 4 is 191 Å². The lowest BCUT2D eigenvalue weighted by Crippen LogP contribution is -1.98. The Balaban J connectivity index is 0.000000103. The fourth-order valence-electron chi connectivity index (χ4n) is 21.9. The molecule has 0 atom stereocenters. The minimum atomic E-state index is 0.762. The summed E-state index contributed by atoms with van der Waals surface area (Å²) in [7, 11) is 0. The fourth-order valence-corrected chi connectivity index (χ4v) is 21.9. The van der Waals surface area contributed by atoms with Gasteiger partial charge in [-0.3, -0.25) is 23.2 Å². The number of hydrogen-bond acceptors (Lipinski definition) is 11. The summed E-state index contributed by atoms with van der Waals surface area (Å²) < 4.78 is 6.61. The highest BCUT2D eigenvalue weighted by molar-refractivity contribution is 6.29. The zero-order chi connectivity index (χ0) is 95.3. The number of fused-ring (bicyclic) bond motifs is 34. The molecule has 0 fully saturated rings. The van der Waals surface area contributed by atoms with Crippen molar-refractivity contribution in [1.82, 2.24) is 68.0 Å². The van der Waals surface area contributed by atoms with Crippen LogP contribution in [-0.2, 0) is 0 Å². The molecule has 0 unspecified atom stereocenters. The molecule has 31 rings (SSSR count). The van der Waals surface area contributed by atoms with Gasteiger partial charge in [-0.1, -0.05) is 322 Å². The van der Waals surface area contributed by atoms with Crippen LogP contribution in [0.25, 0.3) is 292 Å². The molecule has 20 aromatic carbocycles. The van der Waals surface area contributed by atoms with Crippen LogP contribution in [0.3, 0.4) is 0 Å². The Bertz CT molecular complexity index is 10800. The summed E-state index contributed by atoms with van der Waals surface area (Å²) in [5, 5.41) is 22.8. The number of benzene rings is 20. The Labute approximate surface area is 828 Å². The molecule has 0 aliphatic rings. The molecule has 0 aliphatic heterocycles. The van der Waals surface area contributed by atoms with Crippen LogP contribution in [0.15, 0.2) is 474 Å². The Morgan fingerprint density at radius 1 is 0.145 bits per heavy atom. The van der Waals surface area contributed by atoms with Crippen molar-refractivity contribution in [2.45, 2.75) is 0 Å². The highest BCUT2D eigenvalue weighted by atomic mass is 15.0. The van der Waals surface area contributed by atoms with Crippen molar-refractivity contribution in [3.05, 3.63) is 474 Å². The van der Waals surface area contributed by atoms with E-state index in [9.17, 15) is 0 Å². The quantitative estimate of drug-likeness (QED) is 0.127. The number of aromatic nitrogens is 14. The van der Waals surface area contributed by atoms with E-state index >= 15 is 0 Å². The average molecular weight is 1850 g/mol. The van der Waals surface area contributed by atoms with Gasteiger partial charge in [0.1, 0.15) is 28.3 Å². The third kappa shape index (κ3) is 13.7.